The van der Waals surface area contributed by atoms with Gasteiger partial charge in [0.2, 0.25) is 0 Å². The zero-order valence-corrected chi connectivity index (χ0v) is 18.4. The van der Waals surface area contributed by atoms with Gasteiger partial charge in [0, 0.05) is 18.7 Å². The maximum Gasteiger partial charge on any atom is 0.269 e. The largest absolute Gasteiger partial charge is 0.493 e. The highest BCUT2D eigenvalue weighted by Gasteiger charge is 2.13. The number of nitrogens with zero attached hydrogens (tertiary/aromatic N) is 1. The molecule has 0 amide bonds. The second-order valence-electron chi connectivity index (χ2n) is 6.15. The van der Waals surface area contributed by atoms with Gasteiger partial charge in [-0.05, 0) is 70.1 Å². The molecule has 0 saturated carbocycles. The van der Waals surface area contributed by atoms with Gasteiger partial charge in [-0.1, -0.05) is 23.7 Å². The lowest BCUT2D eigenvalue weighted by Gasteiger charge is -2.15. The number of non-ortho nitro benzene ring substituents is 1. The highest BCUT2D eigenvalue weighted by molar-refractivity contribution is 14.1. The molecule has 0 radical (unpaired) electrons. The molecule has 0 saturated heterocycles. The van der Waals surface area contributed by atoms with Crippen molar-refractivity contribution >= 4 is 45.6 Å². The molecule has 3 aromatic carbocycles. The SMILES string of the molecule is COc1cc(CNc2ccccc2Cl)cc(I)c1OCc1ccc([N+](=O)[O-])cc1. The summed E-state index contributed by atoms with van der Waals surface area (Å²) in [5.74, 6) is 1.25. The van der Waals surface area contributed by atoms with Crippen molar-refractivity contribution in [2.24, 2.45) is 0 Å². The monoisotopic (exact) mass is 524 g/mol. The van der Waals surface area contributed by atoms with Crippen LogP contribution in [0.1, 0.15) is 11.1 Å². The quantitative estimate of drug-likeness (QED) is 0.221. The minimum Gasteiger partial charge on any atom is -0.493 e. The molecule has 0 heterocycles. The molecule has 0 aromatic heterocycles. The van der Waals surface area contributed by atoms with E-state index in [2.05, 4.69) is 27.9 Å². The third kappa shape index (κ3) is 5.51. The Hall–Kier alpha value is -2.52. The Labute approximate surface area is 187 Å². The second kappa shape index (κ2) is 9.80. The molecule has 29 heavy (non-hydrogen) atoms. The van der Waals surface area contributed by atoms with Crippen molar-refractivity contribution in [3.8, 4) is 11.5 Å². The Balaban J connectivity index is 1.71. The highest BCUT2D eigenvalue weighted by Crippen LogP contribution is 2.35. The van der Waals surface area contributed by atoms with E-state index in [0.29, 0.717) is 23.1 Å². The van der Waals surface area contributed by atoms with Crippen LogP contribution in [0.25, 0.3) is 0 Å². The number of halogens is 2. The first-order valence-electron chi connectivity index (χ1n) is 8.69. The van der Waals surface area contributed by atoms with Crippen LogP contribution in [0.5, 0.6) is 11.5 Å². The number of methoxy groups -OCH3 is 1. The van der Waals surface area contributed by atoms with Crippen molar-refractivity contribution in [1.29, 1.82) is 0 Å². The molecule has 8 heteroatoms. The van der Waals surface area contributed by atoms with Crippen molar-refractivity contribution in [3.63, 3.8) is 0 Å². The van der Waals surface area contributed by atoms with Crippen LogP contribution in [0, 0.1) is 13.7 Å². The number of nitro benzene ring substituents is 1. The van der Waals surface area contributed by atoms with Gasteiger partial charge in [0.15, 0.2) is 11.5 Å². The van der Waals surface area contributed by atoms with Gasteiger partial charge in [-0.25, -0.2) is 0 Å². The predicted octanol–water partition coefficient (Wildman–Crippen LogP) is 6.05. The maximum atomic E-state index is 10.8. The fraction of sp³-hybridized carbons (Fsp3) is 0.143. The number of nitro groups is 1. The number of hydrogen-bond acceptors (Lipinski definition) is 5. The summed E-state index contributed by atoms with van der Waals surface area (Å²) < 4.78 is 12.3. The van der Waals surface area contributed by atoms with Crippen molar-refractivity contribution in [2.45, 2.75) is 13.2 Å². The molecule has 0 spiro atoms. The van der Waals surface area contributed by atoms with E-state index in [-0.39, 0.29) is 12.3 Å². The van der Waals surface area contributed by atoms with Crippen LogP contribution in [0.3, 0.4) is 0 Å². The van der Waals surface area contributed by atoms with E-state index in [1.807, 2.05) is 36.4 Å². The van der Waals surface area contributed by atoms with Crippen LogP contribution in [-0.4, -0.2) is 12.0 Å². The number of nitrogens with one attached hydrogen (secondary N) is 1. The minimum absolute atomic E-state index is 0.0521. The third-order valence-corrected chi connectivity index (χ3v) is 5.31. The predicted molar refractivity (Wildman–Crippen MR) is 122 cm³/mol. The standard InChI is InChI=1S/C21H18ClIN2O4/c1-28-20-11-15(12-24-19-5-3-2-4-17(19)22)10-18(23)21(20)29-13-14-6-8-16(9-7-14)25(26)27/h2-11,24H,12-13H2,1H3. The van der Waals surface area contributed by atoms with E-state index in [0.717, 1.165) is 20.4 Å². The number of benzene rings is 3. The Morgan fingerprint density at radius 2 is 1.83 bits per heavy atom. The topological polar surface area (TPSA) is 73.6 Å². The highest BCUT2D eigenvalue weighted by atomic mass is 127. The molecule has 0 unspecified atom stereocenters. The Kier molecular flexibility index (Phi) is 7.16. The zero-order chi connectivity index (χ0) is 20.8. The van der Waals surface area contributed by atoms with Crippen LogP contribution in [-0.2, 0) is 13.2 Å². The molecule has 1 N–H and O–H groups in total. The average Bonchev–Trinajstić information content (AvgIpc) is 2.72. The summed E-state index contributed by atoms with van der Waals surface area (Å²) in [5, 5.41) is 14.7. The van der Waals surface area contributed by atoms with Crippen LogP contribution >= 0.6 is 34.2 Å². The van der Waals surface area contributed by atoms with E-state index < -0.39 is 4.92 Å². The van der Waals surface area contributed by atoms with Gasteiger partial charge in [-0.2, -0.15) is 0 Å². The van der Waals surface area contributed by atoms with Crippen molar-refractivity contribution in [3.05, 3.63) is 90.5 Å². The first kappa shape index (κ1) is 21.2. The Bertz CT molecular complexity index is 1010. The van der Waals surface area contributed by atoms with Gasteiger partial charge < -0.3 is 14.8 Å². The summed E-state index contributed by atoms with van der Waals surface area (Å²) in [6.07, 6.45) is 0. The van der Waals surface area contributed by atoms with Gasteiger partial charge in [0.25, 0.3) is 5.69 Å². The summed E-state index contributed by atoms with van der Waals surface area (Å²) in [5.41, 5.74) is 2.77. The number of ether oxygens (including phenoxy) is 2. The molecule has 0 bridgehead atoms. The van der Waals surface area contributed by atoms with Crippen molar-refractivity contribution in [1.82, 2.24) is 0 Å². The molecule has 0 atom stereocenters. The molecule has 0 fully saturated rings. The lowest BCUT2D eigenvalue weighted by atomic mass is 10.2. The van der Waals surface area contributed by atoms with Gasteiger partial charge in [-0.3, -0.25) is 10.1 Å². The normalized spacial score (nSPS) is 10.4. The smallest absolute Gasteiger partial charge is 0.269 e. The Morgan fingerprint density at radius 1 is 1.10 bits per heavy atom. The minimum atomic E-state index is -0.425. The van der Waals surface area contributed by atoms with Crippen molar-refractivity contribution < 1.29 is 14.4 Å². The molecular formula is C21H18ClIN2O4. The van der Waals surface area contributed by atoms with Crippen LogP contribution in [0.15, 0.2) is 60.7 Å². The first-order chi connectivity index (χ1) is 14.0. The van der Waals surface area contributed by atoms with Crippen molar-refractivity contribution in [2.75, 3.05) is 12.4 Å². The summed E-state index contributed by atoms with van der Waals surface area (Å²) in [6.45, 7) is 0.861. The molecule has 150 valence electrons. The second-order valence-corrected chi connectivity index (χ2v) is 7.72. The summed E-state index contributed by atoms with van der Waals surface area (Å²) >= 11 is 8.39. The lowest BCUT2D eigenvalue weighted by Crippen LogP contribution is -2.04. The number of hydrogen-bond donors (Lipinski definition) is 1. The summed E-state index contributed by atoms with van der Waals surface area (Å²) in [7, 11) is 1.59. The fourth-order valence-corrected chi connectivity index (χ4v) is 3.71. The molecular weight excluding hydrogens is 507 g/mol. The van der Waals surface area contributed by atoms with E-state index in [1.165, 1.54) is 12.1 Å². The van der Waals surface area contributed by atoms with Crippen LogP contribution in [0.2, 0.25) is 5.02 Å². The van der Waals surface area contributed by atoms with E-state index in [1.54, 1.807) is 19.2 Å². The average molecular weight is 525 g/mol. The third-order valence-electron chi connectivity index (χ3n) is 4.18. The van der Waals surface area contributed by atoms with Gasteiger partial charge in [0.1, 0.15) is 6.61 Å². The van der Waals surface area contributed by atoms with Gasteiger partial charge in [0.05, 0.1) is 26.3 Å². The van der Waals surface area contributed by atoms with Crippen LogP contribution in [0.4, 0.5) is 11.4 Å². The van der Waals surface area contributed by atoms with E-state index >= 15 is 0 Å². The first-order valence-corrected chi connectivity index (χ1v) is 10.1. The zero-order valence-electron chi connectivity index (χ0n) is 15.5. The van der Waals surface area contributed by atoms with E-state index in [9.17, 15) is 10.1 Å². The van der Waals surface area contributed by atoms with Gasteiger partial charge in [-0.15, -0.1) is 0 Å². The van der Waals surface area contributed by atoms with Crippen LogP contribution < -0.4 is 14.8 Å². The van der Waals surface area contributed by atoms with E-state index in [4.69, 9.17) is 21.1 Å². The maximum absolute atomic E-state index is 10.8. The molecule has 3 aromatic rings. The molecule has 3 rings (SSSR count). The Morgan fingerprint density at radius 3 is 2.48 bits per heavy atom. The summed E-state index contributed by atoms with van der Waals surface area (Å²) in [4.78, 5) is 10.3. The molecule has 0 aliphatic rings. The number of rotatable bonds is 8. The fourth-order valence-electron chi connectivity index (χ4n) is 2.69. The summed E-state index contributed by atoms with van der Waals surface area (Å²) in [6, 6.07) is 17.8. The number of para-hydroxylation sites is 1. The lowest BCUT2D eigenvalue weighted by molar-refractivity contribution is -0.384. The molecule has 0 aliphatic heterocycles. The molecule has 0 aliphatic carbocycles. The van der Waals surface area contributed by atoms with Gasteiger partial charge >= 0.3 is 0 Å². The molecule has 6 nitrogen and oxygen atoms in total. The number of anilines is 1.